The van der Waals surface area contributed by atoms with Gasteiger partial charge in [0.25, 0.3) is 0 Å². The van der Waals surface area contributed by atoms with E-state index >= 15 is 0 Å². The van der Waals surface area contributed by atoms with Gasteiger partial charge in [-0.3, -0.25) is 0 Å². The van der Waals surface area contributed by atoms with Crippen molar-refractivity contribution in [2.24, 2.45) is 0 Å². The molecule has 0 radical (unpaired) electrons. The third-order valence-corrected chi connectivity index (χ3v) is 3.41. The van der Waals surface area contributed by atoms with Crippen molar-refractivity contribution in [1.82, 2.24) is 0 Å². The first kappa shape index (κ1) is 11.6. The van der Waals surface area contributed by atoms with Crippen LogP contribution in [0.15, 0.2) is 35.7 Å². The molecule has 1 aromatic carbocycles. The Bertz CT molecular complexity index is 535. The van der Waals surface area contributed by atoms with Crippen molar-refractivity contribution in [3.8, 4) is 11.5 Å². The van der Waals surface area contributed by atoms with Crippen molar-refractivity contribution >= 4 is 11.3 Å². The first-order valence-corrected chi connectivity index (χ1v) is 6.44. The molecule has 1 aromatic heterocycles. The highest BCUT2D eigenvalue weighted by atomic mass is 32.1. The van der Waals surface area contributed by atoms with Crippen LogP contribution < -0.4 is 4.74 Å². The summed E-state index contributed by atoms with van der Waals surface area (Å²) < 4.78 is 29.4. The van der Waals surface area contributed by atoms with E-state index in [9.17, 15) is 4.39 Å². The fourth-order valence-corrected chi connectivity index (χ4v) is 2.50. The summed E-state index contributed by atoms with van der Waals surface area (Å²) in [6.07, 6.45) is -0.292. The van der Waals surface area contributed by atoms with Crippen molar-refractivity contribution in [1.29, 1.82) is 0 Å². The van der Waals surface area contributed by atoms with E-state index in [1.54, 1.807) is 12.1 Å². The van der Waals surface area contributed by atoms with E-state index < -0.39 is 0 Å². The van der Waals surface area contributed by atoms with Gasteiger partial charge in [0.05, 0.1) is 18.1 Å². The molecule has 3 nitrogen and oxygen atoms in total. The van der Waals surface area contributed by atoms with Crippen LogP contribution in [-0.4, -0.2) is 13.2 Å². The Balaban J connectivity index is 1.73. The molecule has 0 amide bonds. The summed E-state index contributed by atoms with van der Waals surface area (Å²) in [6, 6.07) is 7.90. The van der Waals surface area contributed by atoms with E-state index in [1.807, 2.05) is 11.4 Å². The molecule has 1 aliphatic rings. The summed E-state index contributed by atoms with van der Waals surface area (Å²) in [6.45, 7) is 1.23. The highest BCUT2D eigenvalue weighted by molar-refractivity contribution is 7.10. The Morgan fingerprint density at radius 2 is 2.00 bits per heavy atom. The van der Waals surface area contributed by atoms with E-state index in [1.165, 1.54) is 23.5 Å². The van der Waals surface area contributed by atoms with Crippen LogP contribution in [0.2, 0.25) is 0 Å². The fraction of sp³-hybridized carbons (Fsp3) is 0.231. The van der Waals surface area contributed by atoms with Gasteiger partial charge in [-0.1, -0.05) is 6.07 Å². The van der Waals surface area contributed by atoms with Crippen LogP contribution in [0.5, 0.6) is 11.5 Å². The third-order valence-electron chi connectivity index (χ3n) is 2.48. The maximum Gasteiger partial charge on any atom is 0.193 e. The van der Waals surface area contributed by atoms with E-state index in [0.29, 0.717) is 24.7 Å². The van der Waals surface area contributed by atoms with Gasteiger partial charge in [0.2, 0.25) is 0 Å². The predicted octanol–water partition coefficient (Wildman–Crippen LogP) is 3.72. The zero-order valence-corrected chi connectivity index (χ0v) is 10.3. The molecule has 0 saturated carbocycles. The molecular weight excluding hydrogens is 255 g/mol. The summed E-state index contributed by atoms with van der Waals surface area (Å²) in [5.41, 5.74) is 0. The van der Waals surface area contributed by atoms with Gasteiger partial charge in [-0.2, -0.15) is 0 Å². The normalized spacial score (nSPS) is 16.1. The number of thiophene rings is 1. The van der Waals surface area contributed by atoms with Crippen molar-refractivity contribution in [3.63, 3.8) is 0 Å². The number of benzene rings is 1. The van der Waals surface area contributed by atoms with E-state index in [-0.39, 0.29) is 12.1 Å². The van der Waals surface area contributed by atoms with Crippen molar-refractivity contribution < 1.29 is 18.6 Å². The average Bonchev–Trinajstić information content (AvgIpc) is 2.98. The number of ether oxygens (including phenoxy) is 3. The second kappa shape index (κ2) is 5.06. The molecular formula is C13H11FO3S. The van der Waals surface area contributed by atoms with Gasteiger partial charge in [0.1, 0.15) is 17.3 Å². The molecule has 1 saturated heterocycles. The van der Waals surface area contributed by atoms with E-state index in [4.69, 9.17) is 14.2 Å². The fourth-order valence-electron chi connectivity index (χ4n) is 1.70. The summed E-state index contributed by atoms with van der Waals surface area (Å²) in [7, 11) is 0. The van der Waals surface area contributed by atoms with Crippen molar-refractivity contribution in [2.45, 2.75) is 6.29 Å². The topological polar surface area (TPSA) is 27.7 Å². The van der Waals surface area contributed by atoms with Crippen LogP contribution in [0.4, 0.5) is 4.39 Å². The van der Waals surface area contributed by atoms with Crippen molar-refractivity contribution in [3.05, 3.63) is 46.4 Å². The molecule has 3 rings (SSSR count). The Morgan fingerprint density at radius 3 is 2.78 bits per heavy atom. The largest absolute Gasteiger partial charge is 0.456 e. The number of halogens is 1. The minimum absolute atomic E-state index is 0.292. The summed E-state index contributed by atoms with van der Waals surface area (Å²) in [5, 5.41) is 1.85. The molecule has 0 unspecified atom stereocenters. The molecule has 2 heterocycles. The van der Waals surface area contributed by atoms with E-state index in [2.05, 4.69) is 0 Å². The van der Waals surface area contributed by atoms with Gasteiger partial charge >= 0.3 is 0 Å². The third kappa shape index (κ3) is 2.53. The number of rotatable bonds is 3. The Hall–Kier alpha value is -1.43. The lowest BCUT2D eigenvalue weighted by Crippen LogP contribution is -1.93. The minimum atomic E-state index is -0.314. The van der Waals surface area contributed by atoms with Crippen LogP contribution in [0, 0.1) is 5.82 Å². The molecule has 18 heavy (non-hydrogen) atoms. The molecule has 5 heteroatoms. The molecule has 0 atom stereocenters. The Labute approximate surface area is 108 Å². The number of hydrogen-bond donors (Lipinski definition) is 0. The average molecular weight is 266 g/mol. The molecule has 0 spiro atoms. The first-order valence-electron chi connectivity index (χ1n) is 5.56. The zero-order chi connectivity index (χ0) is 12.4. The second-order valence-corrected chi connectivity index (χ2v) is 4.76. The zero-order valence-electron chi connectivity index (χ0n) is 9.47. The van der Waals surface area contributed by atoms with Gasteiger partial charge in [-0.05, 0) is 18.2 Å². The summed E-state index contributed by atoms with van der Waals surface area (Å²) >= 11 is 1.50. The Morgan fingerprint density at radius 1 is 1.17 bits per heavy atom. The second-order valence-electron chi connectivity index (χ2n) is 3.82. The molecule has 0 N–H and O–H groups in total. The summed E-state index contributed by atoms with van der Waals surface area (Å²) in [5.74, 6) is 0.831. The quantitative estimate of drug-likeness (QED) is 0.847. The molecule has 2 aromatic rings. The van der Waals surface area contributed by atoms with E-state index in [0.717, 1.165) is 4.88 Å². The lowest BCUT2D eigenvalue weighted by Gasteiger charge is -2.05. The van der Waals surface area contributed by atoms with Crippen LogP contribution in [0.3, 0.4) is 0 Å². The Kier molecular flexibility index (Phi) is 3.27. The predicted molar refractivity (Wildman–Crippen MR) is 65.4 cm³/mol. The first-order chi connectivity index (χ1) is 8.81. The number of hydrogen-bond acceptors (Lipinski definition) is 4. The smallest absolute Gasteiger partial charge is 0.193 e. The summed E-state index contributed by atoms with van der Waals surface area (Å²) in [4.78, 5) is 0.957. The van der Waals surface area contributed by atoms with Crippen LogP contribution in [-0.2, 0) is 9.47 Å². The van der Waals surface area contributed by atoms with Gasteiger partial charge in [0, 0.05) is 11.4 Å². The molecule has 94 valence electrons. The van der Waals surface area contributed by atoms with Gasteiger partial charge in [0.15, 0.2) is 6.29 Å². The van der Waals surface area contributed by atoms with Crippen LogP contribution in [0.1, 0.15) is 11.2 Å². The van der Waals surface area contributed by atoms with Crippen LogP contribution >= 0.6 is 11.3 Å². The van der Waals surface area contributed by atoms with Gasteiger partial charge in [-0.15, -0.1) is 11.3 Å². The highest BCUT2D eigenvalue weighted by Gasteiger charge is 2.20. The molecule has 0 bridgehead atoms. The van der Waals surface area contributed by atoms with Gasteiger partial charge in [-0.25, -0.2) is 4.39 Å². The molecule has 1 aliphatic heterocycles. The highest BCUT2D eigenvalue weighted by Crippen LogP contribution is 2.34. The molecule has 1 fully saturated rings. The van der Waals surface area contributed by atoms with Crippen molar-refractivity contribution in [2.75, 3.05) is 13.2 Å². The standard InChI is InChI=1S/C13H11FO3S/c14-9-2-1-3-10(6-9)17-11-7-12(18-8-11)13-15-4-5-16-13/h1-3,6-8,13H,4-5H2. The lowest BCUT2D eigenvalue weighted by molar-refractivity contribution is -0.0413. The maximum atomic E-state index is 13.0. The maximum absolute atomic E-state index is 13.0. The van der Waals surface area contributed by atoms with Crippen LogP contribution in [0.25, 0.3) is 0 Å². The monoisotopic (exact) mass is 266 g/mol. The molecule has 0 aliphatic carbocycles. The lowest BCUT2D eigenvalue weighted by atomic mass is 10.3. The SMILES string of the molecule is Fc1cccc(Oc2csc(C3OCCO3)c2)c1. The van der Waals surface area contributed by atoms with Gasteiger partial charge < -0.3 is 14.2 Å². The minimum Gasteiger partial charge on any atom is -0.456 e.